The van der Waals surface area contributed by atoms with Crippen LogP contribution >= 0.6 is 0 Å². The molecule has 0 aliphatic heterocycles. The topological polar surface area (TPSA) is 54.2 Å². The Morgan fingerprint density at radius 2 is 2.08 bits per heavy atom. The van der Waals surface area contributed by atoms with E-state index in [1.165, 1.54) is 6.07 Å². The number of halogens is 1. The molecule has 26 heavy (non-hydrogen) atoms. The van der Waals surface area contributed by atoms with E-state index in [4.69, 9.17) is 0 Å². The molecule has 140 valence electrons. The molecule has 0 spiro atoms. The van der Waals surface area contributed by atoms with Crippen LogP contribution in [0.4, 0.5) is 4.39 Å². The molecule has 1 aromatic heterocycles. The number of hydrogen-bond donors (Lipinski definition) is 2. The van der Waals surface area contributed by atoms with Gasteiger partial charge in [0.1, 0.15) is 11.6 Å². The van der Waals surface area contributed by atoms with Crippen LogP contribution in [0, 0.1) is 11.7 Å². The lowest BCUT2D eigenvalue weighted by Crippen LogP contribution is -2.41. The molecule has 0 atom stereocenters. The van der Waals surface area contributed by atoms with E-state index in [2.05, 4.69) is 39.0 Å². The second-order valence-electron chi connectivity index (χ2n) is 7.43. The van der Waals surface area contributed by atoms with Gasteiger partial charge in [-0.3, -0.25) is 4.99 Å². The summed E-state index contributed by atoms with van der Waals surface area (Å²) in [5, 5.41) is 6.67. The van der Waals surface area contributed by atoms with E-state index < -0.39 is 0 Å². The second-order valence-corrected chi connectivity index (χ2v) is 7.43. The minimum Gasteiger partial charge on any atom is -0.356 e. The maximum atomic E-state index is 14.1. The Bertz CT molecular complexity index is 761. The lowest BCUT2D eigenvalue weighted by molar-refractivity contribution is 0.503. The molecule has 0 bridgehead atoms. The first kappa shape index (κ1) is 18.4. The molecular weight excluding hydrogens is 329 g/mol. The second kappa shape index (κ2) is 7.89. The highest BCUT2D eigenvalue weighted by Crippen LogP contribution is 2.48. The summed E-state index contributed by atoms with van der Waals surface area (Å²) in [6, 6.07) is 7.07. The number of guanidine groups is 1. The molecule has 0 amide bonds. The molecule has 1 heterocycles. The van der Waals surface area contributed by atoms with Crippen LogP contribution in [0.2, 0.25) is 0 Å². The summed E-state index contributed by atoms with van der Waals surface area (Å²) in [4.78, 5) is 8.71. The van der Waals surface area contributed by atoms with Crippen LogP contribution in [0.5, 0.6) is 0 Å². The van der Waals surface area contributed by atoms with Gasteiger partial charge in [-0.25, -0.2) is 9.37 Å². The minimum atomic E-state index is -0.120. The quantitative estimate of drug-likeness (QED) is 0.591. The van der Waals surface area contributed by atoms with Gasteiger partial charge in [-0.1, -0.05) is 32.0 Å². The molecule has 2 N–H and O–H groups in total. The first-order valence-corrected chi connectivity index (χ1v) is 9.23. The molecule has 0 unspecified atom stereocenters. The van der Waals surface area contributed by atoms with Gasteiger partial charge >= 0.3 is 0 Å². The summed E-state index contributed by atoms with van der Waals surface area (Å²) >= 11 is 0. The van der Waals surface area contributed by atoms with E-state index in [9.17, 15) is 4.39 Å². The van der Waals surface area contributed by atoms with E-state index >= 15 is 0 Å². The van der Waals surface area contributed by atoms with Crippen molar-refractivity contribution >= 4 is 5.96 Å². The van der Waals surface area contributed by atoms with Crippen molar-refractivity contribution < 1.29 is 4.39 Å². The molecule has 1 aromatic carbocycles. The van der Waals surface area contributed by atoms with Gasteiger partial charge < -0.3 is 15.2 Å². The van der Waals surface area contributed by atoms with E-state index in [0.717, 1.165) is 30.8 Å². The van der Waals surface area contributed by atoms with E-state index in [-0.39, 0.29) is 11.2 Å². The maximum absolute atomic E-state index is 14.1. The van der Waals surface area contributed by atoms with E-state index in [0.29, 0.717) is 25.0 Å². The molecule has 5 nitrogen and oxygen atoms in total. The van der Waals surface area contributed by atoms with Gasteiger partial charge in [-0.05, 0) is 30.4 Å². The lowest BCUT2D eigenvalue weighted by atomic mass is 9.95. The van der Waals surface area contributed by atoms with Crippen molar-refractivity contribution in [2.75, 3.05) is 13.6 Å². The number of aliphatic imine (C=N–C) groups is 1. The fraction of sp³-hybridized carbons (Fsp3) is 0.500. The van der Waals surface area contributed by atoms with Crippen molar-refractivity contribution in [1.82, 2.24) is 20.2 Å². The fourth-order valence-electron chi connectivity index (χ4n) is 3.29. The summed E-state index contributed by atoms with van der Waals surface area (Å²) < 4.78 is 16.3. The molecular formula is C20H28FN5. The van der Waals surface area contributed by atoms with Crippen molar-refractivity contribution in [1.29, 1.82) is 0 Å². The van der Waals surface area contributed by atoms with Crippen LogP contribution in [-0.4, -0.2) is 29.1 Å². The van der Waals surface area contributed by atoms with Gasteiger partial charge in [0.2, 0.25) is 0 Å². The molecule has 2 aromatic rings. The fourth-order valence-corrected chi connectivity index (χ4v) is 3.29. The predicted octanol–water partition coefficient (Wildman–Crippen LogP) is 3.08. The first-order chi connectivity index (χ1) is 12.5. The minimum absolute atomic E-state index is 0.112. The van der Waals surface area contributed by atoms with Crippen LogP contribution in [0.1, 0.15) is 38.1 Å². The number of hydrogen-bond acceptors (Lipinski definition) is 2. The summed E-state index contributed by atoms with van der Waals surface area (Å²) in [6.45, 7) is 6.60. The number of imidazole rings is 1. The van der Waals surface area contributed by atoms with Gasteiger partial charge in [0.25, 0.3) is 0 Å². The average molecular weight is 357 g/mol. The third-order valence-electron chi connectivity index (χ3n) is 4.89. The normalized spacial score (nSPS) is 16.0. The summed E-state index contributed by atoms with van der Waals surface area (Å²) in [7, 11) is 1.75. The van der Waals surface area contributed by atoms with Crippen molar-refractivity contribution in [2.24, 2.45) is 10.9 Å². The molecule has 3 rings (SSSR count). The van der Waals surface area contributed by atoms with Gasteiger partial charge in [0.15, 0.2) is 5.96 Å². The summed E-state index contributed by atoms with van der Waals surface area (Å²) in [5.74, 6) is 2.14. The Hall–Kier alpha value is -2.37. The first-order valence-electron chi connectivity index (χ1n) is 9.23. The van der Waals surface area contributed by atoms with Crippen molar-refractivity contribution in [3.05, 3.63) is 53.9 Å². The number of nitrogens with zero attached hydrogens (tertiary/aromatic N) is 3. The van der Waals surface area contributed by atoms with Crippen LogP contribution < -0.4 is 10.6 Å². The van der Waals surface area contributed by atoms with E-state index in [1.54, 1.807) is 13.1 Å². The van der Waals surface area contributed by atoms with Crippen molar-refractivity contribution in [2.45, 2.75) is 45.2 Å². The summed E-state index contributed by atoms with van der Waals surface area (Å²) in [5.41, 5.74) is 0.689. The Labute approximate surface area is 154 Å². The average Bonchev–Trinajstić information content (AvgIpc) is 3.28. The Morgan fingerprint density at radius 3 is 2.73 bits per heavy atom. The van der Waals surface area contributed by atoms with Gasteiger partial charge in [0, 0.05) is 37.9 Å². The van der Waals surface area contributed by atoms with Crippen LogP contribution in [-0.2, 0) is 18.5 Å². The zero-order valence-electron chi connectivity index (χ0n) is 15.8. The van der Waals surface area contributed by atoms with Crippen LogP contribution in [0.25, 0.3) is 0 Å². The number of benzene rings is 1. The highest BCUT2D eigenvalue weighted by Gasteiger charge is 2.45. The third-order valence-corrected chi connectivity index (χ3v) is 4.89. The molecule has 1 aliphatic carbocycles. The Kier molecular flexibility index (Phi) is 5.59. The van der Waals surface area contributed by atoms with Gasteiger partial charge in [-0.15, -0.1) is 0 Å². The molecule has 1 saturated carbocycles. The molecule has 1 aliphatic rings. The Morgan fingerprint density at radius 1 is 1.31 bits per heavy atom. The van der Waals surface area contributed by atoms with Crippen LogP contribution in [0.3, 0.4) is 0 Å². The summed E-state index contributed by atoms with van der Waals surface area (Å²) in [6.07, 6.45) is 5.82. The zero-order chi connectivity index (χ0) is 18.6. The monoisotopic (exact) mass is 357 g/mol. The molecule has 1 fully saturated rings. The molecule has 0 saturated heterocycles. The number of rotatable bonds is 7. The Balaban J connectivity index is 1.56. The number of nitrogens with one attached hydrogen (secondary N) is 2. The van der Waals surface area contributed by atoms with E-state index in [1.807, 2.05) is 24.5 Å². The lowest BCUT2D eigenvalue weighted by Gasteiger charge is -2.19. The largest absolute Gasteiger partial charge is 0.356 e. The zero-order valence-corrected chi connectivity index (χ0v) is 15.8. The SMILES string of the molecule is CN=C(NCc1nccn1CC(C)C)NCC1(c2ccccc2F)CC1. The highest BCUT2D eigenvalue weighted by molar-refractivity contribution is 5.79. The highest BCUT2D eigenvalue weighted by atomic mass is 19.1. The molecule has 0 radical (unpaired) electrons. The van der Waals surface area contributed by atoms with Crippen LogP contribution in [0.15, 0.2) is 41.7 Å². The molecule has 6 heteroatoms. The maximum Gasteiger partial charge on any atom is 0.191 e. The number of aromatic nitrogens is 2. The standard InChI is InChI=1S/C20H28FN5/c1-15(2)13-26-11-10-23-18(26)12-24-19(22-3)25-14-20(8-9-20)16-6-4-5-7-17(16)21/h4-7,10-11,15H,8-9,12-14H2,1-3H3,(H2,22,24,25). The van der Waals surface area contributed by atoms with Gasteiger partial charge in [-0.2, -0.15) is 0 Å². The third kappa shape index (κ3) is 4.23. The smallest absolute Gasteiger partial charge is 0.191 e. The van der Waals surface area contributed by atoms with Gasteiger partial charge in [0.05, 0.1) is 6.54 Å². The van der Waals surface area contributed by atoms with Crippen molar-refractivity contribution in [3.8, 4) is 0 Å². The van der Waals surface area contributed by atoms with Crippen molar-refractivity contribution in [3.63, 3.8) is 0 Å². The predicted molar refractivity (Wildman–Crippen MR) is 103 cm³/mol.